The van der Waals surface area contributed by atoms with Gasteiger partial charge in [0.05, 0.1) is 5.02 Å². The number of aryl methyl sites for hydroxylation is 1. The molecule has 0 aliphatic carbocycles. The van der Waals surface area contributed by atoms with Crippen LogP contribution >= 0.6 is 11.6 Å². The predicted molar refractivity (Wildman–Crippen MR) is 101 cm³/mol. The van der Waals surface area contributed by atoms with Gasteiger partial charge in [-0.15, -0.1) is 0 Å². The molecule has 0 saturated carbocycles. The van der Waals surface area contributed by atoms with E-state index in [4.69, 9.17) is 11.6 Å². The molecule has 0 saturated heterocycles. The lowest BCUT2D eigenvalue weighted by molar-refractivity contribution is 0.568. The first-order chi connectivity index (χ1) is 13.0. The minimum absolute atomic E-state index is 0.0847. The molecule has 4 heterocycles. The van der Waals surface area contributed by atoms with Gasteiger partial charge in [-0.2, -0.15) is 8.78 Å². The first-order valence-electron chi connectivity index (χ1n) is 8.15. The van der Waals surface area contributed by atoms with Crippen molar-refractivity contribution in [1.82, 2.24) is 19.9 Å². The molecule has 0 spiro atoms. The second kappa shape index (κ2) is 6.92. The number of nitrogens with zero attached hydrogens (tertiary/aromatic N) is 3. The van der Waals surface area contributed by atoms with Crippen molar-refractivity contribution in [2.24, 2.45) is 0 Å². The maximum absolute atomic E-state index is 14.6. The summed E-state index contributed by atoms with van der Waals surface area (Å²) in [6.45, 7) is 2.01. The van der Waals surface area contributed by atoms with Crippen molar-refractivity contribution in [3.05, 3.63) is 70.9 Å². The Kier molecular flexibility index (Phi) is 4.45. The molecular formula is C19H14ClF2N5. The van der Waals surface area contributed by atoms with Crippen molar-refractivity contribution in [2.45, 2.75) is 13.5 Å². The normalized spacial score (nSPS) is 11.1. The van der Waals surface area contributed by atoms with Gasteiger partial charge < -0.3 is 10.3 Å². The summed E-state index contributed by atoms with van der Waals surface area (Å²) >= 11 is 5.82. The first kappa shape index (κ1) is 17.4. The number of H-pyrrole nitrogens is 1. The number of fused-ring (bicyclic) bond motifs is 1. The van der Waals surface area contributed by atoms with Crippen molar-refractivity contribution >= 4 is 28.5 Å². The fraction of sp³-hybridized carbons (Fsp3) is 0.105. The highest BCUT2D eigenvalue weighted by Gasteiger charge is 2.13. The summed E-state index contributed by atoms with van der Waals surface area (Å²) in [7, 11) is 0. The molecule has 27 heavy (non-hydrogen) atoms. The SMILES string of the molecule is Cc1cnc2[nH]cc(-c3ccc(NCc4cc(Cl)cnc4F)nc3F)c2c1. The Morgan fingerprint density at radius 1 is 1.07 bits per heavy atom. The lowest BCUT2D eigenvalue weighted by Gasteiger charge is -2.08. The van der Waals surface area contributed by atoms with E-state index in [9.17, 15) is 8.78 Å². The largest absolute Gasteiger partial charge is 0.366 e. The second-order valence-corrected chi connectivity index (χ2v) is 6.54. The zero-order valence-electron chi connectivity index (χ0n) is 14.2. The third-order valence-electron chi connectivity index (χ3n) is 4.14. The minimum Gasteiger partial charge on any atom is -0.366 e. The second-order valence-electron chi connectivity index (χ2n) is 6.10. The van der Waals surface area contributed by atoms with E-state index < -0.39 is 11.9 Å². The summed E-state index contributed by atoms with van der Waals surface area (Å²) in [5.41, 5.74) is 2.97. The highest BCUT2D eigenvalue weighted by molar-refractivity contribution is 6.30. The van der Waals surface area contributed by atoms with Crippen molar-refractivity contribution in [1.29, 1.82) is 0 Å². The smallest absolute Gasteiger partial charge is 0.222 e. The molecule has 0 aliphatic rings. The number of rotatable bonds is 4. The lowest BCUT2D eigenvalue weighted by atomic mass is 10.1. The summed E-state index contributed by atoms with van der Waals surface area (Å²) in [4.78, 5) is 14.8. The van der Waals surface area contributed by atoms with Crippen molar-refractivity contribution in [3.8, 4) is 11.1 Å². The quantitative estimate of drug-likeness (QED) is 0.492. The van der Waals surface area contributed by atoms with Gasteiger partial charge in [-0.3, -0.25) is 0 Å². The van der Waals surface area contributed by atoms with E-state index in [1.165, 1.54) is 12.3 Å². The molecule has 0 atom stereocenters. The molecule has 0 amide bonds. The van der Waals surface area contributed by atoms with E-state index in [-0.39, 0.29) is 17.9 Å². The number of hydrogen-bond acceptors (Lipinski definition) is 4. The topological polar surface area (TPSA) is 66.5 Å². The minimum atomic E-state index is -0.634. The highest BCUT2D eigenvalue weighted by Crippen LogP contribution is 2.30. The lowest BCUT2D eigenvalue weighted by Crippen LogP contribution is -2.05. The number of anilines is 1. The molecule has 136 valence electrons. The van der Waals surface area contributed by atoms with Crippen LogP contribution in [0, 0.1) is 18.8 Å². The molecule has 0 radical (unpaired) electrons. The van der Waals surface area contributed by atoms with E-state index in [0.717, 1.165) is 10.9 Å². The molecule has 4 aromatic heterocycles. The maximum atomic E-state index is 14.6. The summed E-state index contributed by atoms with van der Waals surface area (Å²) in [6.07, 6.45) is 4.68. The van der Waals surface area contributed by atoms with Gasteiger partial charge in [-0.05, 0) is 36.8 Å². The van der Waals surface area contributed by atoms with Gasteiger partial charge in [-0.1, -0.05) is 11.6 Å². The van der Waals surface area contributed by atoms with E-state index in [1.54, 1.807) is 24.5 Å². The van der Waals surface area contributed by atoms with Crippen LogP contribution in [0.15, 0.2) is 42.9 Å². The molecule has 0 fully saturated rings. The van der Waals surface area contributed by atoms with Crippen LogP contribution in [0.5, 0.6) is 0 Å². The number of nitrogens with one attached hydrogen (secondary N) is 2. The van der Waals surface area contributed by atoms with E-state index >= 15 is 0 Å². The Labute approximate surface area is 158 Å². The number of pyridine rings is 3. The van der Waals surface area contributed by atoms with Gasteiger partial charge in [0.1, 0.15) is 11.5 Å². The van der Waals surface area contributed by atoms with Crippen LogP contribution in [0.25, 0.3) is 22.2 Å². The van der Waals surface area contributed by atoms with Crippen LogP contribution in [0.1, 0.15) is 11.1 Å². The highest BCUT2D eigenvalue weighted by atomic mass is 35.5. The Hall–Kier alpha value is -3.06. The average molecular weight is 386 g/mol. The zero-order chi connectivity index (χ0) is 19.0. The van der Waals surface area contributed by atoms with Crippen LogP contribution in [-0.4, -0.2) is 19.9 Å². The van der Waals surface area contributed by atoms with Gasteiger partial charge in [0.25, 0.3) is 0 Å². The molecule has 0 bridgehead atoms. The average Bonchev–Trinajstić information content (AvgIpc) is 3.05. The van der Waals surface area contributed by atoms with Gasteiger partial charge in [-0.25, -0.2) is 15.0 Å². The zero-order valence-corrected chi connectivity index (χ0v) is 15.0. The molecule has 4 aromatic rings. The van der Waals surface area contributed by atoms with Crippen LogP contribution in [0.3, 0.4) is 0 Å². The summed E-state index contributed by atoms with van der Waals surface area (Å²) in [6, 6.07) is 6.66. The van der Waals surface area contributed by atoms with Crippen molar-refractivity contribution in [2.75, 3.05) is 5.32 Å². The Balaban J connectivity index is 1.60. The monoisotopic (exact) mass is 385 g/mol. The van der Waals surface area contributed by atoms with E-state index in [2.05, 4.69) is 25.3 Å². The van der Waals surface area contributed by atoms with Gasteiger partial charge in [0, 0.05) is 47.2 Å². The van der Waals surface area contributed by atoms with Crippen LogP contribution in [0.4, 0.5) is 14.6 Å². The van der Waals surface area contributed by atoms with Crippen LogP contribution < -0.4 is 5.32 Å². The number of aromatic nitrogens is 4. The van der Waals surface area contributed by atoms with Crippen molar-refractivity contribution < 1.29 is 8.78 Å². The summed E-state index contributed by atoms with van der Waals surface area (Å²) in [5, 5.41) is 4.03. The first-order valence-corrected chi connectivity index (χ1v) is 8.53. The standard InChI is InChI=1S/C19H14ClF2N5/c1-10-4-14-15(9-26-19(14)25-6-10)13-2-3-16(27-18(13)22)23-7-11-5-12(20)8-24-17(11)21/h2-6,8-9H,7H2,1H3,(H,23,27)(H,25,26). The van der Waals surface area contributed by atoms with Crippen molar-refractivity contribution in [3.63, 3.8) is 0 Å². The molecule has 5 nitrogen and oxygen atoms in total. The molecule has 2 N–H and O–H groups in total. The number of aromatic amines is 1. The van der Waals surface area contributed by atoms with Crippen LogP contribution in [-0.2, 0) is 6.54 Å². The number of halogens is 3. The van der Waals surface area contributed by atoms with E-state index in [1.807, 2.05) is 13.0 Å². The predicted octanol–water partition coefficient (Wildman–Crippen LogP) is 4.87. The van der Waals surface area contributed by atoms with Gasteiger partial charge in [0.15, 0.2) is 0 Å². The summed E-state index contributed by atoms with van der Waals surface area (Å²) in [5.74, 6) is -0.984. The number of hydrogen-bond donors (Lipinski definition) is 2. The molecule has 8 heteroatoms. The van der Waals surface area contributed by atoms with Crippen LogP contribution in [0.2, 0.25) is 5.02 Å². The Morgan fingerprint density at radius 2 is 1.93 bits per heavy atom. The molecular weight excluding hydrogens is 372 g/mol. The molecule has 0 unspecified atom stereocenters. The third-order valence-corrected chi connectivity index (χ3v) is 4.35. The Morgan fingerprint density at radius 3 is 2.74 bits per heavy atom. The fourth-order valence-electron chi connectivity index (χ4n) is 2.84. The molecule has 0 aromatic carbocycles. The summed E-state index contributed by atoms with van der Waals surface area (Å²) < 4.78 is 28.3. The van der Waals surface area contributed by atoms with Gasteiger partial charge in [0.2, 0.25) is 11.9 Å². The van der Waals surface area contributed by atoms with E-state index in [0.29, 0.717) is 21.8 Å². The molecule has 0 aliphatic heterocycles. The molecule has 4 rings (SSSR count). The van der Waals surface area contributed by atoms with Gasteiger partial charge >= 0.3 is 0 Å². The maximum Gasteiger partial charge on any atom is 0.222 e. The Bertz CT molecular complexity index is 1140. The fourth-order valence-corrected chi connectivity index (χ4v) is 3.02. The third kappa shape index (κ3) is 3.46.